The molecule has 0 aromatic heterocycles. The second kappa shape index (κ2) is 8.80. The van der Waals surface area contributed by atoms with Crippen LogP contribution in [0.25, 0.3) is 0 Å². The van der Waals surface area contributed by atoms with Crippen molar-refractivity contribution in [3.63, 3.8) is 0 Å². The molecular weight excluding hydrogens is 396 g/mol. The van der Waals surface area contributed by atoms with Gasteiger partial charge in [-0.2, -0.15) is 0 Å². The molecule has 3 aliphatic carbocycles. The maximum Gasteiger partial charge on any atom is 0.334 e. The lowest BCUT2D eigenvalue weighted by molar-refractivity contribution is -0.152. The molecule has 1 aromatic rings. The second-order valence-electron chi connectivity index (χ2n) is 11.5. The molecule has 5 atom stereocenters. The number of allylic oxidation sites excluding steroid dienone is 1. The summed E-state index contributed by atoms with van der Waals surface area (Å²) in [6.07, 6.45) is 7.65. The molecule has 0 N–H and O–H groups in total. The van der Waals surface area contributed by atoms with Gasteiger partial charge in [-0.05, 0) is 74.2 Å². The van der Waals surface area contributed by atoms with Gasteiger partial charge >= 0.3 is 5.97 Å². The first kappa shape index (κ1) is 23.3. The van der Waals surface area contributed by atoms with Crippen LogP contribution >= 0.6 is 0 Å². The van der Waals surface area contributed by atoms with Crippen LogP contribution in [-0.4, -0.2) is 17.9 Å². The van der Waals surface area contributed by atoms with Gasteiger partial charge in [-0.15, -0.1) is 0 Å². The van der Waals surface area contributed by atoms with Crippen molar-refractivity contribution in [3.05, 3.63) is 47.0 Å². The normalized spacial score (nSPS) is 33.0. The second-order valence-corrected chi connectivity index (χ2v) is 11.5. The molecule has 0 radical (unpaired) electrons. The molecule has 174 valence electrons. The van der Waals surface area contributed by atoms with Crippen molar-refractivity contribution >= 4 is 11.8 Å². The topological polar surface area (TPSA) is 43.4 Å². The summed E-state index contributed by atoms with van der Waals surface area (Å²) in [5.41, 5.74) is 3.21. The molecule has 0 saturated heterocycles. The Hall–Kier alpha value is -1.90. The Kier molecular flexibility index (Phi) is 6.40. The summed E-state index contributed by atoms with van der Waals surface area (Å²) < 4.78 is 6.39. The Morgan fingerprint density at radius 3 is 2.47 bits per heavy atom. The highest BCUT2D eigenvalue weighted by Gasteiger charge is 2.49. The average molecular weight is 437 g/mol. The molecule has 0 bridgehead atoms. The Labute approximate surface area is 194 Å². The maximum atomic E-state index is 13.6. The molecule has 2 saturated carbocycles. The van der Waals surface area contributed by atoms with Crippen molar-refractivity contribution in [3.8, 4) is 0 Å². The van der Waals surface area contributed by atoms with Crippen LogP contribution in [0.5, 0.6) is 0 Å². The first-order chi connectivity index (χ1) is 15.1. The molecular formula is C29H40O3. The van der Waals surface area contributed by atoms with E-state index in [-0.39, 0.29) is 34.6 Å². The molecule has 0 amide bonds. The summed E-state index contributed by atoms with van der Waals surface area (Å²) in [6.45, 7) is 10.8. The number of fused-ring (bicyclic) bond motifs is 1. The Morgan fingerprint density at radius 2 is 1.78 bits per heavy atom. The van der Waals surface area contributed by atoms with E-state index in [1.54, 1.807) is 6.92 Å². The summed E-state index contributed by atoms with van der Waals surface area (Å²) in [4.78, 5) is 25.9. The monoisotopic (exact) mass is 436 g/mol. The van der Waals surface area contributed by atoms with Gasteiger partial charge in [0, 0.05) is 17.4 Å². The number of ketones is 1. The van der Waals surface area contributed by atoms with Gasteiger partial charge < -0.3 is 4.74 Å². The standard InChI is InChI=1S/C29H40O3/c1-19-13-14-25(28(3,4)21-10-7-6-8-11-21)26(18-19)32-27(31)22-12-9-17-29(5)23(20(2)30)15-16-24(22)29/h6-8,10-11,19,23,25-26H,9,12-18H2,1-5H3/t19-,23+,25-,26-,29-/m1/s1. The van der Waals surface area contributed by atoms with Crippen molar-refractivity contribution < 1.29 is 14.3 Å². The number of hydrogen-bond acceptors (Lipinski definition) is 3. The molecule has 0 heterocycles. The van der Waals surface area contributed by atoms with Crippen LogP contribution in [0, 0.1) is 23.2 Å². The van der Waals surface area contributed by atoms with Crippen LogP contribution in [0.1, 0.15) is 91.5 Å². The van der Waals surface area contributed by atoms with Crippen molar-refractivity contribution in [1.29, 1.82) is 0 Å². The SMILES string of the molecule is CC(=O)[C@@H]1CCC2=C(C(=O)O[C@@H]3C[C@H](C)CC[C@H]3C(C)(C)c3ccccc3)CCC[C@@]21C. The summed E-state index contributed by atoms with van der Waals surface area (Å²) in [7, 11) is 0. The zero-order chi connectivity index (χ0) is 23.1. The van der Waals surface area contributed by atoms with Crippen LogP contribution in [-0.2, 0) is 19.7 Å². The van der Waals surface area contributed by atoms with E-state index < -0.39 is 0 Å². The van der Waals surface area contributed by atoms with Crippen molar-refractivity contribution in [2.45, 2.75) is 97.5 Å². The van der Waals surface area contributed by atoms with E-state index in [1.807, 2.05) is 0 Å². The van der Waals surface area contributed by atoms with E-state index in [2.05, 4.69) is 58.0 Å². The predicted octanol–water partition coefficient (Wildman–Crippen LogP) is 6.80. The molecule has 0 spiro atoms. The van der Waals surface area contributed by atoms with Gasteiger partial charge in [0.1, 0.15) is 11.9 Å². The third-order valence-electron chi connectivity index (χ3n) is 9.12. The van der Waals surface area contributed by atoms with Gasteiger partial charge in [-0.3, -0.25) is 4.79 Å². The van der Waals surface area contributed by atoms with Crippen LogP contribution in [0.2, 0.25) is 0 Å². The smallest absolute Gasteiger partial charge is 0.334 e. The predicted molar refractivity (Wildman–Crippen MR) is 128 cm³/mol. The number of carbonyl (C=O) groups excluding carboxylic acids is 2. The lowest BCUT2D eigenvalue weighted by Gasteiger charge is -2.44. The zero-order valence-corrected chi connectivity index (χ0v) is 20.6. The largest absolute Gasteiger partial charge is 0.459 e. The Bertz CT molecular complexity index is 896. The first-order valence-corrected chi connectivity index (χ1v) is 12.6. The highest BCUT2D eigenvalue weighted by Crippen LogP contribution is 2.55. The van der Waals surface area contributed by atoms with E-state index in [0.29, 0.717) is 11.8 Å². The van der Waals surface area contributed by atoms with E-state index in [1.165, 1.54) is 17.6 Å². The third-order valence-corrected chi connectivity index (χ3v) is 9.12. The summed E-state index contributed by atoms with van der Waals surface area (Å²) in [5.74, 6) is 1.09. The maximum absolute atomic E-state index is 13.6. The van der Waals surface area contributed by atoms with Crippen LogP contribution in [0.15, 0.2) is 41.5 Å². The van der Waals surface area contributed by atoms with Gasteiger partial charge in [0.05, 0.1) is 0 Å². The summed E-state index contributed by atoms with van der Waals surface area (Å²) >= 11 is 0. The van der Waals surface area contributed by atoms with Gasteiger partial charge in [0.15, 0.2) is 0 Å². The van der Waals surface area contributed by atoms with E-state index in [9.17, 15) is 9.59 Å². The van der Waals surface area contributed by atoms with Gasteiger partial charge in [-0.25, -0.2) is 4.79 Å². The fourth-order valence-corrected chi connectivity index (χ4v) is 7.16. The molecule has 2 fully saturated rings. The minimum Gasteiger partial charge on any atom is -0.459 e. The van der Waals surface area contributed by atoms with Gasteiger partial charge in [0.2, 0.25) is 0 Å². The number of esters is 1. The Balaban J connectivity index is 1.60. The van der Waals surface area contributed by atoms with Crippen LogP contribution < -0.4 is 0 Å². The number of carbonyl (C=O) groups is 2. The quantitative estimate of drug-likeness (QED) is 0.477. The minimum absolute atomic E-state index is 0.0556. The lowest BCUT2D eigenvalue weighted by Crippen LogP contribution is -2.44. The first-order valence-electron chi connectivity index (χ1n) is 12.6. The Morgan fingerprint density at radius 1 is 1.06 bits per heavy atom. The molecule has 32 heavy (non-hydrogen) atoms. The van der Waals surface area contributed by atoms with E-state index in [0.717, 1.165) is 50.5 Å². The number of benzene rings is 1. The zero-order valence-electron chi connectivity index (χ0n) is 20.6. The average Bonchev–Trinajstić information content (AvgIpc) is 3.11. The van der Waals surface area contributed by atoms with Gasteiger partial charge in [0.25, 0.3) is 0 Å². The lowest BCUT2D eigenvalue weighted by atomic mass is 9.64. The van der Waals surface area contributed by atoms with Crippen molar-refractivity contribution in [1.82, 2.24) is 0 Å². The third kappa shape index (κ3) is 4.08. The molecule has 3 aliphatic rings. The summed E-state index contributed by atoms with van der Waals surface area (Å²) in [6, 6.07) is 10.7. The van der Waals surface area contributed by atoms with Crippen LogP contribution in [0.4, 0.5) is 0 Å². The molecule has 0 aliphatic heterocycles. The highest BCUT2D eigenvalue weighted by atomic mass is 16.5. The van der Waals surface area contributed by atoms with E-state index >= 15 is 0 Å². The number of Topliss-reactive ketones (excluding diaryl/α,β-unsaturated/α-hetero) is 1. The molecule has 4 rings (SSSR count). The van der Waals surface area contributed by atoms with Gasteiger partial charge in [-0.1, -0.05) is 70.0 Å². The van der Waals surface area contributed by atoms with Crippen molar-refractivity contribution in [2.24, 2.45) is 23.2 Å². The fraction of sp³-hybridized carbons (Fsp3) is 0.655. The van der Waals surface area contributed by atoms with Crippen molar-refractivity contribution in [2.75, 3.05) is 0 Å². The minimum atomic E-state index is -0.152. The van der Waals surface area contributed by atoms with E-state index in [4.69, 9.17) is 4.74 Å². The number of ether oxygens (including phenoxy) is 1. The number of hydrogen-bond donors (Lipinski definition) is 0. The molecule has 1 aromatic carbocycles. The van der Waals surface area contributed by atoms with Crippen LogP contribution in [0.3, 0.4) is 0 Å². The highest BCUT2D eigenvalue weighted by molar-refractivity contribution is 5.91. The molecule has 3 nitrogen and oxygen atoms in total. The number of rotatable bonds is 5. The molecule has 3 heteroatoms. The molecule has 0 unspecified atom stereocenters. The fourth-order valence-electron chi connectivity index (χ4n) is 7.16. The summed E-state index contributed by atoms with van der Waals surface area (Å²) in [5, 5.41) is 0.